The normalized spacial score (nSPS) is 12.9. The zero-order valence-electron chi connectivity index (χ0n) is 17.1. The van der Waals surface area contributed by atoms with Gasteiger partial charge >= 0.3 is 0 Å². The van der Waals surface area contributed by atoms with Crippen LogP contribution in [0.25, 0.3) is 0 Å². The summed E-state index contributed by atoms with van der Waals surface area (Å²) in [5.41, 5.74) is 2.39. The first-order valence-electron chi connectivity index (χ1n) is 9.36. The number of guanidine groups is 1. The molecule has 0 spiro atoms. The molecule has 2 rings (SSSR count). The third kappa shape index (κ3) is 6.94. The lowest BCUT2D eigenvalue weighted by atomic mass is 10.1. The summed E-state index contributed by atoms with van der Waals surface area (Å²) < 4.78 is 7.58. The van der Waals surface area contributed by atoms with Gasteiger partial charge in [-0.2, -0.15) is 5.10 Å². The smallest absolute Gasteiger partial charge is 0.191 e. The maximum Gasteiger partial charge on any atom is 0.191 e. The number of hydrogen-bond acceptors (Lipinski definition) is 4. The molecule has 2 aromatic rings. The summed E-state index contributed by atoms with van der Waals surface area (Å²) >= 11 is 0. The maximum absolute atomic E-state index is 5.76. The molecule has 0 saturated heterocycles. The first-order chi connectivity index (χ1) is 13.0. The predicted octanol–water partition coefficient (Wildman–Crippen LogP) is 1.97. The Morgan fingerprint density at radius 1 is 1.26 bits per heavy atom. The third-order valence-corrected chi connectivity index (χ3v) is 4.18. The van der Waals surface area contributed by atoms with Gasteiger partial charge in [0.15, 0.2) is 5.96 Å². The van der Waals surface area contributed by atoms with Crippen molar-refractivity contribution < 1.29 is 4.74 Å². The van der Waals surface area contributed by atoms with E-state index in [9.17, 15) is 0 Å². The number of rotatable bonds is 9. The maximum atomic E-state index is 5.76. The highest BCUT2D eigenvalue weighted by Crippen LogP contribution is 2.17. The van der Waals surface area contributed by atoms with Crippen molar-refractivity contribution in [3.8, 4) is 5.75 Å². The Labute approximate surface area is 162 Å². The molecule has 0 aliphatic rings. The van der Waals surface area contributed by atoms with Crippen LogP contribution in [0, 0.1) is 6.92 Å². The van der Waals surface area contributed by atoms with Gasteiger partial charge in [0.2, 0.25) is 0 Å². The SMILES string of the molecule is CCNC(=NCC(c1cnn(C)c1)N(C)C)NCCOc1ccc(C)cc1. The Hall–Kier alpha value is -2.54. The highest BCUT2D eigenvalue weighted by atomic mass is 16.5. The molecule has 1 atom stereocenters. The first-order valence-corrected chi connectivity index (χ1v) is 9.36. The molecule has 0 fully saturated rings. The van der Waals surface area contributed by atoms with Gasteiger partial charge in [0.1, 0.15) is 12.4 Å². The number of benzene rings is 1. The first kappa shape index (κ1) is 20.8. The van der Waals surface area contributed by atoms with Crippen molar-refractivity contribution in [2.24, 2.45) is 12.0 Å². The molecule has 1 unspecified atom stereocenters. The van der Waals surface area contributed by atoms with Crippen LogP contribution in [-0.2, 0) is 7.05 Å². The van der Waals surface area contributed by atoms with Gasteiger partial charge in [-0.05, 0) is 40.1 Å². The van der Waals surface area contributed by atoms with Crippen molar-refractivity contribution in [2.75, 3.05) is 40.3 Å². The van der Waals surface area contributed by atoms with Crippen LogP contribution in [-0.4, -0.2) is 61.0 Å². The van der Waals surface area contributed by atoms with Gasteiger partial charge in [0, 0.05) is 25.4 Å². The van der Waals surface area contributed by atoms with Crippen LogP contribution in [0.5, 0.6) is 5.75 Å². The van der Waals surface area contributed by atoms with E-state index in [4.69, 9.17) is 9.73 Å². The minimum Gasteiger partial charge on any atom is -0.492 e. The Morgan fingerprint density at radius 2 is 2.00 bits per heavy atom. The molecule has 27 heavy (non-hydrogen) atoms. The van der Waals surface area contributed by atoms with Crippen molar-refractivity contribution in [2.45, 2.75) is 19.9 Å². The van der Waals surface area contributed by atoms with Crippen molar-refractivity contribution in [3.05, 3.63) is 47.8 Å². The van der Waals surface area contributed by atoms with Gasteiger partial charge in [0.05, 0.1) is 25.3 Å². The largest absolute Gasteiger partial charge is 0.492 e. The number of nitrogens with zero attached hydrogens (tertiary/aromatic N) is 4. The monoisotopic (exact) mass is 372 g/mol. The molecule has 7 heteroatoms. The summed E-state index contributed by atoms with van der Waals surface area (Å²) in [5.74, 6) is 1.68. The van der Waals surface area contributed by atoms with E-state index in [0.29, 0.717) is 19.7 Å². The molecule has 148 valence electrons. The average Bonchev–Trinajstić information content (AvgIpc) is 3.06. The fourth-order valence-electron chi connectivity index (χ4n) is 2.67. The number of likely N-dealkylation sites (N-methyl/N-ethyl adjacent to an activating group) is 1. The Kier molecular flexibility index (Phi) is 8.13. The fourth-order valence-corrected chi connectivity index (χ4v) is 2.67. The minimum absolute atomic E-state index is 0.179. The highest BCUT2D eigenvalue weighted by Gasteiger charge is 2.15. The van der Waals surface area contributed by atoms with E-state index in [1.807, 2.05) is 48.4 Å². The lowest BCUT2D eigenvalue weighted by Crippen LogP contribution is -2.40. The summed E-state index contributed by atoms with van der Waals surface area (Å²) in [6, 6.07) is 8.26. The molecule has 2 N–H and O–H groups in total. The van der Waals surface area contributed by atoms with E-state index in [2.05, 4.69) is 48.6 Å². The summed E-state index contributed by atoms with van der Waals surface area (Å²) in [6.45, 7) is 6.84. The predicted molar refractivity (Wildman–Crippen MR) is 110 cm³/mol. The van der Waals surface area contributed by atoms with E-state index >= 15 is 0 Å². The van der Waals surface area contributed by atoms with Crippen LogP contribution < -0.4 is 15.4 Å². The second-order valence-corrected chi connectivity index (χ2v) is 6.73. The van der Waals surface area contributed by atoms with Crippen LogP contribution in [0.1, 0.15) is 24.1 Å². The van der Waals surface area contributed by atoms with Gasteiger partial charge in [0.25, 0.3) is 0 Å². The van der Waals surface area contributed by atoms with Crippen molar-refractivity contribution >= 4 is 5.96 Å². The van der Waals surface area contributed by atoms with Crippen LogP contribution in [0.2, 0.25) is 0 Å². The zero-order chi connectivity index (χ0) is 19.6. The number of ether oxygens (including phenoxy) is 1. The van der Waals surface area contributed by atoms with Crippen LogP contribution in [0.15, 0.2) is 41.7 Å². The van der Waals surface area contributed by atoms with Crippen molar-refractivity contribution in [1.29, 1.82) is 0 Å². The molecular weight excluding hydrogens is 340 g/mol. The molecule has 1 aromatic carbocycles. The number of hydrogen-bond donors (Lipinski definition) is 2. The quantitative estimate of drug-likeness (QED) is 0.400. The van der Waals surface area contributed by atoms with Crippen molar-refractivity contribution in [1.82, 2.24) is 25.3 Å². The Morgan fingerprint density at radius 3 is 2.59 bits per heavy atom. The van der Waals surface area contributed by atoms with E-state index in [0.717, 1.165) is 23.8 Å². The van der Waals surface area contributed by atoms with Crippen LogP contribution in [0.4, 0.5) is 0 Å². The number of aryl methyl sites for hydroxylation is 2. The second-order valence-electron chi connectivity index (χ2n) is 6.73. The van der Waals surface area contributed by atoms with E-state index in [1.54, 1.807) is 0 Å². The summed E-state index contributed by atoms with van der Waals surface area (Å²) in [4.78, 5) is 6.89. The minimum atomic E-state index is 0.179. The number of aromatic nitrogens is 2. The zero-order valence-corrected chi connectivity index (χ0v) is 17.1. The lowest BCUT2D eigenvalue weighted by molar-refractivity contribution is 0.305. The Balaban J connectivity index is 1.87. The van der Waals surface area contributed by atoms with Gasteiger partial charge < -0.3 is 20.3 Å². The molecule has 7 nitrogen and oxygen atoms in total. The molecule has 0 bridgehead atoms. The third-order valence-electron chi connectivity index (χ3n) is 4.18. The number of nitrogens with one attached hydrogen (secondary N) is 2. The molecule has 1 aromatic heterocycles. The van der Waals surface area contributed by atoms with Gasteiger partial charge in [-0.3, -0.25) is 9.67 Å². The van der Waals surface area contributed by atoms with Crippen molar-refractivity contribution in [3.63, 3.8) is 0 Å². The highest BCUT2D eigenvalue weighted by molar-refractivity contribution is 5.79. The standard InChI is InChI=1S/C20H32N6O/c1-6-21-20(22-11-12-27-18-9-7-16(2)8-10-18)23-14-19(25(3)4)17-13-24-26(5)15-17/h7-10,13,15,19H,6,11-12,14H2,1-5H3,(H2,21,22,23). The second kappa shape index (κ2) is 10.6. The van der Waals surface area contributed by atoms with Gasteiger partial charge in [-0.1, -0.05) is 17.7 Å². The number of aliphatic imine (C=N–C) groups is 1. The molecule has 0 aliphatic carbocycles. The van der Waals surface area contributed by atoms with E-state index in [1.165, 1.54) is 5.56 Å². The van der Waals surface area contributed by atoms with Gasteiger partial charge in [-0.25, -0.2) is 0 Å². The summed E-state index contributed by atoms with van der Waals surface area (Å²) in [7, 11) is 6.05. The van der Waals surface area contributed by atoms with Crippen LogP contribution in [0.3, 0.4) is 0 Å². The van der Waals surface area contributed by atoms with E-state index in [-0.39, 0.29) is 6.04 Å². The topological polar surface area (TPSA) is 66.7 Å². The van der Waals surface area contributed by atoms with E-state index < -0.39 is 0 Å². The van der Waals surface area contributed by atoms with Gasteiger partial charge in [-0.15, -0.1) is 0 Å². The molecule has 0 radical (unpaired) electrons. The molecule has 0 saturated carbocycles. The molecule has 1 heterocycles. The molecular formula is C20H32N6O. The summed E-state index contributed by atoms with van der Waals surface area (Å²) in [6.07, 6.45) is 3.94. The average molecular weight is 373 g/mol. The molecule has 0 amide bonds. The lowest BCUT2D eigenvalue weighted by Gasteiger charge is -2.22. The fraction of sp³-hybridized carbons (Fsp3) is 0.500. The van der Waals surface area contributed by atoms with Crippen LogP contribution >= 0.6 is 0 Å². The Bertz CT molecular complexity index is 708. The molecule has 0 aliphatic heterocycles. The summed E-state index contributed by atoms with van der Waals surface area (Å²) in [5, 5.41) is 10.9.